The van der Waals surface area contributed by atoms with Gasteiger partial charge < -0.3 is 19.9 Å². The summed E-state index contributed by atoms with van der Waals surface area (Å²) in [6, 6.07) is 20.5. The predicted molar refractivity (Wildman–Crippen MR) is 126 cm³/mol. The number of pyridine rings is 1. The van der Waals surface area contributed by atoms with Crippen LogP contribution in [0.15, 0.2) is 72.8 Å². The van der Waals surface area contributed by atoms with Crippen molar-refractivity contribution < 1.29 is 24.2 Å². The minimum Gasteiger partial charge on any atom is -0.493 e. The number of nitrogens with zero attached hydrogens (tertiary/aromatic N) is 1. The number of halogens is 1. The number of carboxylic acids is 1. The zero-order valence-corrected chi connectivity index (χ0v) is 18.3. The summed E-state index contributed by atoms with van der Waals surface area (Å²) < 4.78 is 11.1. The third-order valence-electron chi connectivity index (χ3n) is 4.87. The first-order chi connectivity index (χ1) is 15.9. The highest BCUT2D eigenvalue weighted by Gasteiger charge is 2.15. The fourth-order valence-corrected chi connectivity index (χ4v) is 3.54. The topological polar surface area (TPSA) is 97.8 Å². The maximum Gasteiger partial charge on any atom is 0.336 e. The summed E-state index contributed by atoms with van der Waals surface area (Å²) in [5.74, 6) is -0.644. The number of hydrogen-bond acceptors (Lipinski definition) is 5. The number of benzene rings is 3. The van der Waals surface area contributed by atoms with Gasteiger partial charge in [-0.2, -0.15) is 0 Å². The molecule has 33 heavy (non-hydrogen) atoms. The number of ether oxygens (including phenoxy) is 2. The predicted octanol–water partition coefficient (Wildman–Crippen LogP) is 5.28. The van der Waals surface area contributed by atoms with Crippen molar-refractivity contribution in [3.63, 3.8) is 0 Å². The van der Waals surface area contributed by atoms with Gasteiger partial charge in [0, 0.05) is 21.7 Å². The number of hydrogen-bond donors (Lipinski definition) is 2. The Morgan fingerprint density at radius 1 is 1.00 bits per heavy atom. The Morgan fingerprint density at radius 3 is 2.58 bits per heavy atom. The second-order valence-electron chi connectivity index (χ2n) is 7.09. The van der Waals surface area contributed by atoms with Crippen LogP contribution in [0, 0.1) is 0 Å². The monoisotopic (exact) mass is 462 g/mol. The molecule has 4 aromatic rings. The van der Waals surface area contributed by atoms with E-state index in [1.807, 2.05) is 0 Å². The Balaban J connectivity index is 1.56. The lowest BCUT2D eigenvalue weighted by molar-refractivity contribution is -0.118. The van der Waals surface area contributed by atoms with Gasteiger partial charge in [-0.1, -0.05) is 35.9 Å². The van der Waals surface area contributed by atoms with E-state index in [1.54, 1.807) is 66.7 Å². The Morgan fingerprint density at radius 2 is 1.82 bits per heavy atom. The van der Waals surface area contributed by atoms with Crippen molar-refractivity contribution in [2.45, 2.75) is 0 Å². The van der Waals surface area contributed by atoms with Crippen molar-refractivity contribution in [3.8, 4) is 22.8 Å². The number of carbonyl (C=O) groups is 2. The largest absolute Gasteiger partial charge is 0.493 e. The standard InChI is InChI=1S/C25H19ClN2O5/c1-32-23-11-15(21-13-19(25(30)31)18-7-2-3-8-20(18)28-21)9-10-22(23)33-14-24(29)27-17-6-4-5-16(26)12-17/h2-13H,14H2,1H3,(H,27,29)(H,30,31). The molecular formula is C25H19ClN2O5. The molecule has 1 heterocycles. The number of para-hydroxylation sites is 1. The minimum atomic E-state index is -1.03. The van der Waals surface area contributed by atoms with Crippen LogP contribution in [-0.2, 0) is 4.79 Å². The number of aromatic nitrogens is 1. The van der Waals surface area contributed by atoms with Crippen LogP contribution in [0.1, 0.15) is 10.4 Å². The average molecular weight is 463 g/mol. The van der Waals surface area contributed by atoms with Gasteiger partial charge in [0.25, 0.3) is 5.91 Å². The normalized spacial score (nSPS) is 10.6. The zero-order valence-electron chi connectivity index (χ0n) is 17.5. The number of carboxylic acid groups (broad SMARTS) is 1. The van der Waals surface area contributed by atoms with E-state index in [0.29, 0.717) is 44.4 Å². The zero-order chi connectivity index (χ0) is 23.4. The van der Waals surface area contributed by atoms with E-state index >= 15 is 0 Å². The molecule has 0 fully saturated rings. The molecule has 7 nitrogen and oxygen atoms in total. The quantitative estimate of drug-likeness (QED) is 0.388. The van der Waals surface area contributed by atoms with Crippen LogP contribution >= 0.6 is 11.6 Å². The Bertz CT molecular complexity index is 1360. The lowest BCUT2D eigenvalue weighted by Crippen LogP contribution is -2.20. The summed E-state index contributed by atoms with van der Waals surface area (Å²) in [4.78, 5) is 28.6. The van der Waals surface area contributed by atoms with E-state index in [2.05, 4.69) is 10.3 Å². The number of methoxy groups -OCH3 is 1. The van der Waals surface area contributed by atoms with Crippen LogP contribution in [0.5, 0.6) is 11.5 Å². The first kappa shape index (κ1) is 22.1. The van der Waals surface area contributed by atoms with Crippen molar-refractivity contribution in [1.29, 1.82) is 0 Å². The van der Waals surface area contributed by atoms with Crippen LogP contribution in [0.4, 0.5) is 5.69 Å². The summed E-state index contributed by atoms with van der Waals surface area (Å²) in [5, 5.41) is 13.4. The molecule has 1 aromatic heterocycles. The van der Waals surface area contributed by atoms with Gasteiger partial charge in [-0.05, 0) is 48.5 Å². The van der Waals surface area contributed by atoms with Gasteiger partial charge in [-0.15, -0.1) is 0 Å². The molecule has 0 bridgehead atoms. The first-order valence-corrected chi connectivity index (χ1v) is 10.3. The molecule has 4 rings (SSSR count). The Labute approximate surface area is 194 Å². The van der Waals surface area contributed by atoms with Gasteiger partial charge in [-0.25, -0.2) is 9.78 Å². The SMILES string of the molecule is COc1cc(-c2cc(C(=O)O)c3ccccc3n2)ccc1OCC(=O)Nc1cccc(Cl)c1. The van der Waals surface area contributed by atoms with Gasteiger partial charge in [0.1, 0.15) is 0 Å². The fraction of sp³-hybridized carbons (Fsp3) is 0.0800. The Hall–Kier alpha value is -4.10. The maximum absolute atomic E-state index is 12.2. The molecule has 166 valence electrons. The molecule has 0 saturated heterocycles. The Kier molecular flexibility index (Phi) is 6.42. The first-order valence-electron chi connectivity index (χ1n) is 9.94. The van der Waals surface area contributed by atoms with Crippen molar-refractivity contribution in [2.75, 3.05) is 19.0 Å². The molecule has 0 aliphatic rings. The molecule has 0 spiro atoms. The second kappa shape index (κ2) is 9.58. The molecule has 0 aliphatic carbocycles. The van der Waals surface area contributed by atoms with E-state index in [9.17, 15) is 14.7 Å². The maximum atomic E-state index is 12.2. The van der Waals surface area contributed by atoms with Crippen molar-refractivity contribution >= 4 is 40.1 Å². The highest BCUT2D eigenvalue weighted by Crippen LogP contribution is 2.33. The molecule has 0 atom stereocenters. The molecular weight excluding hydrogens is 444 g/mol. The molecule has 0 radical (unpaired) electrons. The molecule has 0 saturated carbocycles. The van der Waals surface area contributed by atoms with Gasteiger partial charge in [0.05, 0.1) is 23.9 Å². The van der Waals surface area contributed by atoms with Gasteiger partial charge in [-0.3, -0.25) is 4.79 Å². The number of aromatic carboxylic acids is 1. The number of nitrogens with one attached hydrogen (secondary N) is 1. The third kappa shape index (κ3) is 5.05. The lowest BCUT2D eigenvalue weighted by Gasteiger charge is -2.13. The number of rotatable bonds is 7. The molecule has 1 amide bonds. The molecule has 0 unspecified atom stereocenters. The van der Waals surface area contributed by atoms with Crippen molar-refractivity contribution in [1.82, 2.24) is 4.98 Å². The van der Waals surface area contributed by atoms with Crippen LogP contribution in [-0.4, -0.2) is 35.7 Å². The lowest BCUT2D eigenvalue weighted by atomic mass is 10.0. The van der Waals surface area contributed by atoms with Crippen LogP contribution in [0.2, 0.25) is 5.02 Å². The van der Waals surface area contributed by atoms with E-state index < -0.39 is 5.97 Å². The number of carbonyl (C=O) groups excluding carboxylic acids is 1. The number of amides is 1. The minimum absolute atomic E-state index is 0.160. The van der Waals surface area contributed by atoms with Crippen LogP contribution < -0.4 is 14.8 Å². The summed E-state index contributed by atoms with van der Waals surface area (Å²) in [6.45, 7) is -0.237. The summed E-state index contributed by atoms with van der Waals surface area (Å²) in [5.41, 5.74) is 2.43. The van der Waals surface area contributed by atoms with Gasteiger partial charge >= 0.3 is 5.97 Å². The summed E-state index contributed by atoms with van der Waals surface area (Å²) >= 11 is 5.93. The number of anilines is 1. The molecule has 3 aromatic carbocycles. The fourth-order valence-electron chi connectivity index (χ4n) is 3.35. The smallest absolute Gasteiger partial charge is 0.336 e. The van der Waals surface area contributed by atoms with Crippen molar-refractivity contribution in [3.05, 3.63) is 83.4 Å². The highest BCUT2D eigenvalue weighted by molar-refractivity contribution is 6.30. The summed E-state index contributed by atoms with van der Waals surface area (Å²) in [6.07, 6.45) is 0. The molecule has 0 aliphatic heterocycles. The molecule has 2 N–H and O–H groups in total. The van der Waals surface area contributed by atoms with E-state index in [1.165, 1.54) is 13.2 Å². The second-order valence-corrected chi connectivity index (χ2v) is 7.53. The van der Waals surface area contributed by atoms with E-state index in [4.69, 9.17) is 21.1 Å². The van der Waals surface area contributed by atoms with Crippen LogP contribution in [0.25, 0.3) is 22.2 Å². The van der Waals surface area contributed by atoms with Gasteiger partial charge in [0.15, 0.2) is 18.1 Å². The highest BCUT2D eigenvalue weighted by atomic mass is 35.5. The van der Waals surface area contributed by atoms with Gasteiger partial charge in [0.2, 0.25) is 0 Å². The van der Waals surface area contributed by atoms with E-state index in [0.717, 1.165) is 0 Å². The third-order valence-corrected chi connectivity index (χ3v) is 5.11. The van der Waals surface area contributed by atoms with Crippen LogP contribution in [0.3, 0.4) is 0 Å². The molecule has 8 heteroatoms. The average Bonchev–Trinajstić information content (AvgIpc) is 2.81. The van der Waals surface area contributed by atoms with Crippen molar-refractivity contribution in [2.24, 2.45) is 0 Å². The van der Waals surface area contributed by atoms with E-state index in [-0.39, 0.29) is 18.1 Å². The number of fused-ring (bicyclic) bond motifs is 1. The summed E-state index contributed by atoms with van der Waals surface area (Å²) in [7, 11) is 1.48.